The molecule has 1 aliphatic rings. The van der Waals surface area contributed by atoms with E-state index in [0.717, 1.165) is 0 Å². The molecule has 2 nitrogen and oxygen atoms in total. The van der Waals surface area contributed by atoms with Crippen molar-refractivity contribution in [3.8, 4) is 0 Å². The minimum Gasteiger partial charge on any atom is -0.285 e. The Balaban J connectivity index is 2.22. The van der Waals surface area contributed by atoms with Crippen LogP contribution in [-0.4, -0.2) is 0 Å². The molecule has 29 heavy (non-hydrogen) atoms. The minimum atomic E-state index is 0.184. The zero-order valence-corrected chi connectivity index (χ0v) is 19.4. The summed E-state index contributed by atoms with van der Waals surface area (Å²) in [6.45, 7) is 21.7. The Kier molecular flexibility index (Phi) is 6.86. The Morgan fingerprint density at radius 1 is 0.552 bits per heavy atom. The Labute approximate surface area is 178 Å². The van der Waals surface area contributed by atoms with Gasteiger partial charge >= 0.3 is 0 Å². The lowest BCUT2D eigenvalue weighted by atomic mass is 9.78. The summed E-state index contributed by atoms with van der Waals surface area (Å²) in [7, 11) is 0. The summed E-state index contributed by atoms with van der Waals surface area (Å²) >= 11 is 0. The lowest BCUT2D eigenvalue weighted by molar-refractivity contribution is 0.526. The first-order valence-electron chi connectivity index (χ1n) is 11.2. The van der Waals surface area contributed by atoms with Crippen LogP contribution in [0.3, 0.4) is 0 Å². The van der Waals surface area contributed by atoms with Gasteiger partial charge in [0.2, 0.25) is 0 Å². The van der Waals surface area contributed by atoms with E-state index in [4.69, 9.17) is 0 Å². The first-order valence-corrected chi connectivity index (χ1v) is 11.2. The van der Waals surface area contributed by atoms with Crippen molar-refractivity contribution in [3.05, 3.63) is 76.4 Å². The van der Waals surface area contributed by atoms with Crippen LogP contribution < -0.4 is 10.6 Å². The molecular formula is C27H38N2. The molecule has 0 bridgehead atoms. The standard InChI is InChI=1S/C27H38N2/c1-16(2)20-11-9-12-21(17(3)4)24(20)26-27(29-15-28-26)25-22(18(5)6)13-10-14-23(25)19(7)8/h9-14,16-19,26-29H,1-8H3. The predicted molar refractivity (Wildman–Crippen MR) is 124 cm³/mol. The topological polar surface area (TPSA) is 24.1 Å². The molecule has 0 spiro atoms. The molecule has 1 aliphatic heterocycles. The van der Waals surface area contributed by atoms with Crippen LogP contribution in [0.1, 0.15) is 125 Å². The molecule has 2 unspecified atom stereocenters. The monoisotopic (exact) mass is 390 g/mol. The van der Waals surface area contributed by atoms with Crippen LogP contribution in [0.4, 0.5) is 0 Å². The maximum atomic E-state index is 3.58. The van der Waals surface area contributed by atoms with Gasteiger partial charge in [-0.15, -0.1) is 0 Å². The van der Waals surface area contributed by atoms with E-state index < -0.39 is 0 Å². The van der Waals surface area contributed by atoms with E-state index in [1.165, 1.54) is 33.4 Å². The van der Waals surface area contributed by atoms with Gasteiger partial charge in [0.05, 0.1) is 12.1 Å². The van der Waals surface area contributed by atoms with Crippen LogP contribution in [0.15, 0.2) is 36.4 Å². The van der Waals surface area contributed by atoms with Gasteiger partial charge in [0.15, 0.2) is 0 Å². The molecule has 2 aromatic carbocycles. The van der Waals surface area contributed by atoms with Crippen LogP contribution in [0.5, 0.6) is 0 Å². The molecule has 2 N–H and O–H groups in total. The normalized spacial score (nSPS) is 19.9. The number of hydrogen-bond donors (Lipinski definition) is 2. The van der Waals surface area contributed by atoms with E-state index in [0.29, 0.717) is 23.7 Å². The molecular weight excluding hydrogens is 352 g/mol. The second-order valence-electron chi connectivity index (χ2n) is 9.69. The summed E-state index contributed by atoms with van der Waals surface area (Å²) in [5.74, 6) is 1.93. The van der Waals surface area contributed by atoms with Gasteiger partial charge in [0.25, 0.3) is 0 Å². The van der Waals surface area contributed by atoms with E-state index in [-0.39, 0.29) is 12.1 Å². The fourth-order valence-electron chi connectivity index (χ4n) is 4.78. The number of benzene rings is 2. The zero-order chi connectivity index (χ0) is 21.3. The van der Waals surface area contributed by atoms with Crippen molar-refractivity contribution in [1.82, 2.24) is 10.6 Å². The van der Waals surface area contributed by atoms with Crippen LogP contribution in [0.2, 0.25) is 0 Å². The molecule has 2 radical (unpaired) electrons. The molecule has 2 heteroatoms. The summed E-state index contributed by atoms with van der Waals surface area (Å²) < 4.78 is 0. The molecule has 0 aromatic heterocycles. The predicted octanol–water partition coefficient (Wildman–Crippen LogP) is 7.15. The first kappa shape index (κ1) is 22.1. The SMILES string of the molecule is CC(C)c1cccc(C(C)C)c1C1N[C]NC1c1c(C(C)C)cccc1C(C)C. The van der Waals surface area contributed by atoms with Gasteiger partial charge in [-0.1, -0.05) is 91.8 Å². The molecule has 0 amide bonds. The molecule has 1 fully saturated rings. The van der Waals surface area contributed by atoms with Gasteiger partial charge in [-0.25, -0.2) is 0 Å². The molecule has 0 saturated carbocycles. The van der Waals surface area contributed by atoms with Crippen molar-refractivity contribution in [1.29, 1.82) is 0 Å². The van der Waals surface area contributed by atoms with Gasteiger partial charge in [-0.2, -0.15) is 0 Å². The Bertz CT molecular complexity index is 710. The van der Waals surface area contributed by atoms with Crippen LogP contribution in [-0.2, 0) is 0 Å². The highest BCUT2D eigenvalue weighted by molar-refractivity contribution is 5.48. The van der Waals surface area contributed by atoms with Crippen molar-refractivity contribution in [3.63, 3.8) is 0 Å². The first-order chi connectivity index (χ1) is 13.7. The van der Waals surface area contributed by atoms with E-state index in [9.17, 15) is 0 Å². The maximum absolute atomic E-state index is 3.58. The van der Waals surface area contributed by atoms with Gasteiger partial charge < -0.3 is 0 Å². The third-order valence-electron chi connectivity index (χ3n) is 6.25. The minimum absolute atomic E-state index is 0.184. The number of hydrogen-bond acceptors (Lipinski definition) is 2. The smallest absolute Gasteiger partial charge is 0.141 e. The van der Waals surface area contributed by atoms with E-state index in [2.05, 4.69) is 109 Å². The highest BCUT2D eigenvalue weighted by atomic mass is 15.2. The Morgan fingerprint density at radius 3 is 1.07 bits per heavy atom. The molecule has 0 aliphatic carbocycles. The van der Waals surface area contributed by atoms with E-state index >= 15 is 0 Å². The largest absolute Gasteiger partial charge is 0.285 e. The fraction of sp³-hybridized carbons (Fsp3) is 0.519. The van der Waals surface area contributed by atoms with Crippen molar-refractivity contribution in [2.75, 3.05) is 0 Å². The Hall–Kier alpha value is -1.64. The fourth-order valence-corrected chi connectivity index (χ4v) is 4.78. The number of rotatable bonds is 6. The second-order valence-corrected chi connectivity index (χ2v) is 9.69. The van der Waals surface area contributed by atoms with E-state index in [1.54, 1.807) is 0 Å². The third kappa shape index (κ3) is 4.29. The van der Waals surface area contributed by atoms with Crippen LogP contribution in [0, 0.1) is 6.67 Å². The molecule has 156 valence electrons. The molecule has 3 rings (SSSR count). The van der Waals surface area contributed by atoms with Gasteiger partial charge in [-0.05, 0) is 57.1 Å². The van der Waals surface area contributed by atoms with Crippen molar-refractivity contribution >= 4 is 0 Å². The third-order valence-corrected chi connectivity index (χ3v) is 6.25. The Morgan fingerprint density at radius 2 is 0.828 bits per heavy atom. The molecule has 2 atom stereocenters. The average molecular weight is 391 g/mol. The van der Waals surface area contributed by atoms with Crippen molar-refractivity contribution in [2.24, 2.45) is 0 Å². The average Bonchev–Trinajstić information content (AvgIpc) is 3.15. The summed E-state index contributed by atoms with van der Waals surface area (Å²) in [5, 5.41) is 7.17. The molecule has 2 aromatic rings. The molecule has 1 heterocycles. The lowest BCUT2D eigenvalue weighted by Crippen LogP contribution is -2.24. The zero-order valence-electron chi connectivity index (χ0n) is 19.4. The van der Waals surface area contributed by atoms with Crippen molar-refractivity contribution in [2.45, 2.75) is 91.1 Å². The van der Waals surface area contributed by atoms with E-state index in [1.807, 2.05) is 0 Å². The van der Waals surface area contributed by atoms with Crippen LogP contribution >= 0.6 is 0 Å². The highest BCUT2D eigenvalue weighted by Crippen LogP contribution is 2.44. The summed E-state index contributed by atoms with van der Waals surface area (Å²) in [6.07, 6.45) is 0. The highest BCUT2D eigenvalue weighted by Gasteiger charge is 2.36. The summed E-state index contributed by atoms with van der Waals surface area (Å²) in [4.78, 5) is 0. The second kappa shape index (κ2) is 9.02. The van der Waals surface area contributed by atoms with Crippen molar-refractivity contribution < 1.29 is 0 Å². The maximum Gasteiger partial charge on any atom is 0.141 e. The lowest BCUT2D eigenvalue weighted by Gasteiger charge is -2.31. The van der Waals surface area contributed by atoms with Crippen LogP contribution in [0.25, 0.3) is 0 Å². The molecule has 1 saturated heterocycles. The van der Waals surface area contributed by atoms with Gasteiger partial charge in [0.1, 0.15) is 6.67 Å². The summed E-state index contributed by atoms with van der Waals surface area (Å²) in [5.41, 5.74) is 8.67. The quantitative estimate of drug-likeness (QED) is 0.547. The summed E-state index contributed by atoms with van der Waals surface area (Å²) in [6, 6.07) is 14.0. The van der Waals surface area contributed by atoms with Gasteiger partial charge in [0, 0.05) is 0 Å². The number of nitrogens with one attached hydrogen (secondary N) is 2. The van der Waals surface area contributed by atoms with Gasteiger partial charge in [-0.3, -0.25) is 10.6 Å².